The van der Waals surface area contributed by atoms with E-state index in [1.165, 1.54) is 0 Å². The Balaban J connectivity index is -0.000000234. The minimum absolute atomic E-state index is 0. The van der Waals surface area contributed by atoms with Gasteiger partial charge in [0.25, 0.3) is 0 Å². The van der Waals surface area contributed by atoms with Gasteiger partial charge in [-0.1, -0.05) is 32.0 Å². The maximum absolute atomic E-state index is 10.3. The van der Waals surface area contributed by atoms with Gasteiger partial charge in [-0.2, -0.15) is 0 Å². The molecule has 3 nitrogen and oxygen atoms in total. The molecular formula is C8H17NO2S. The van der Waals surface area contributed by atoms with Crippen molar-refractivity contribution >= 4 is 11.1 Å². The van der Waals surface area contributed by atoms with Gasteiger partial charge in [-0.25, -0.2) is 4.21 Å². The van der Waals surface area contributed by atoms with E-state index in [4.69, 9.17) is 4.55 Å². The van der Waals surface area contributed by atoms with Gasteiger partial charge in [0, 0.05) is 1.43 Å². The highest BCUT2D eigenvalue weighted by Crippen LogP contribution is 2.00. The Morgan fingerprint density at radius 1 is 1.25 bits per heavy atom. The van der Waals surface area contributed by atoms with E-state index in [1.807, 2.05) is 13.8 Å². The minimum atomic E-state index is -1.83. The summed E-state index contributed by atoms with van der Waals surface area (Å²) in [5.41, 5.74) is 0. The molecule has 4 heteroatoms. The molecule has 1 aromatic rings. The Morgan fingerprint density at radius 3 is 1.92 bits per heavy atom. The topological polar surface area (TPSA) is 72.3 Å². The minimum Gasteiger partial charge on any atom is -0.344 e. The summed E-state index contributed by atoms with van der Waals surface area (Å²) in [6, 6.07) is 8.47. The fourth-order valence-corrected chi connectivity index (χ4v) is 0.927. The van der Waals surface area contributed by atoms with Crippen LogP contribution in [0, 0.1) is 0 Å². The molecule has 4 N–H and O–H groups in total. The molecule has 0 amide bonds. The first kappa shape index (κ1) is 13.9. The molecule has 12 heavy (non-hydrogen) atoms. The lowest BCUT2D eigenvalue weighted by molar-refractivity contribution is 0.564. The Morgan fingerprint density at radius 2 is 1.67 bits per heavy atom. The zero-order valence-electron chi connectivity index (χ0n) is 7.36. The van der Waals surface area contributed by atoms with E-state index in [9.17, 15) is 4.21 Å². The molecule has 1 rings (SSSR count). The lowest BCUT2D eigenvalue weighted by Crippen LogP contribution is -1.84. The van der Waals surface area contributed by atoms with Crippen LogP contribution >= 0.6 is 0 Å². The predicted molar refractivity (Wildman–Crippen MR) is 54.0 cm³/mol. The van der Waals surface area contributed by atoms with E-state index < -0.39 is 11.1 Å². The van der Waals surface area contributed by atoms with Crippen molar-refractivity contribution in [2.45, 2.75) is 18.7 Å². The second-order valence-electron chi connectivity index (χ2n) is 1.56. The molecule has 0 bridgehead atoms. The van der Waals surface area contributed by atoms with Crippen LogP contribution in [0.3, 0.4) is 0 Å². The van der Waals surface area contributed by atoms with Gasteiger partial charge >= 0.3 is 0 Å². The van der Waals surface area contributed by atoms with Crippen molar-refractivity contribution in [3.8, 4) is 0 Å². The standard InChI is InChI=1S/C6H6O2S.C2H6.H3N.H2/c7-9(8)6-4-2-1-3-5-6;1-2;;/h1-5H,(H,7,8);1-2H3;1H3;1H. The lowest BCUT2D eigenvalue weighted by atomic mass is 10.4. The van der Waals surface area contributed by atoms with E-state index in [0.29, 0.717) is 4.90 Å². The van der Waals surface area contributed by atoms with Crippen LogP contribution in [0.5, 0.6) is 0 Å². The Bertz CT molecular complexity index is 219. The van der Waals surface area contributed by atoms with Crippen molar-refractivity contribution < 1.29 is 10.2 Å². The largest absolute Gasteiger partial charge is 0.344 e. The molecule has 72 valence electrons. The van der Waals surface area contributed by atoms with Crippen LogP contribution in [0.25, 0.3) is 0 Å². The van der Waals surface area contributed by atoms with E-state index >= 15 is 0 Å². The molecule has 0 aliphatic heterocycles. The summed E-state index contributed by atoms with van der Waals surface area (Å²) in [4.78, 5) is 0.442. The number of hydrogen-bond donors (Lipinski definition) is 2. The first-order valence-electron chi connectivity index (χ1n) is 3.46. The second kappa shape index (κ2) is 8.39. The van der Waals surface area contributed by atoms with Gasteiger partial charge in [-0.15, -0.1) is 0 Å². The highest BCUT2D eigenvalue weighted by molar-refractivity contribution is 7.79. The van der Waals surface area contributed by atoms with Gasteiger partial charge < -0.3 is 10.7 Å². The van der Waals surface area contributed by atoms with Crippen LogP contribution in [-0.2, 0) is 11.1 Å². The van der Waals surface area contributed by atoms with Crippen molar-refractivity contribution in [1.29, 1.82) is 0 Å². The normalized spacial score (nSPS) is 10.2. The van der Waals surface area contributed by atoms with E-state index in [-0.39, 0.29) is 7.58 Å². The molecule has 0 fully saturated rings. The average molecular weight is 191 g/mol. The van der Waals surface area contributed by atoms with Gasteiger partial charge in [0.05, 0.1) is 4.90 Å². The highest BCUT2D eigenvalue weighted by Gasteiger charge is 1.93. The van der Waals surface area contributed by atoms with Crippen LogP contribution in [0.2, 0.25) is 0 Å². The third-order valence-corrected chi connectivity index (χ3v) is 1.62. The van der Waals surface area contributed by atoms with Crippen LogP contribution in [-0.4, -0.2) is 8.76 Å². The first-order chi connectivity index (χ1) is 5.30. The SMILES string of the molecule is CC.N.O=S(O)c1ccccc1.[HH]. The summed E-state index contributed by atoms with van der Waals surface area (Å²) in [5.74, 6) is 0. The van der Waals surface area contributed by atoms with Crippen molar-refractivity contribution in [3.05, 3.63) is 30.3 Å². The van der Waals surface area contributed by atoms with Gasteiger partial charge in [-0.05, 0) is 12.1 Å². The second-order valence-corrected chi connectivity index (χ2v) is 2.53. The smallest absolute Gasteiger partial charge is 0.186 e. The zero-order chi connectivity index (χ0) is 8.69. The Labute approximate surface area is 77.2 Å². The van der Waals surface area contributed by atoms with Gasteiger partial charge in [0.15, 0.2) is 11.1 Å². The maximum Gasteiger partial charge on any atom is 0.186 e. The van der Waals surface area contributed by atoms with Gasteiger partial charge in [0.1, 0.15) is 0 Å². The summed E-state index contributed by atoms with van der Waals surface area (Å²) in [6.07, 6.45) is 0. The molecule has 1 atom stereocenters. The molecule has 0 aliphatic carbocycles. The molecule has 0 spiro atoms. The summed E-state index contributed by atoms with van der Waals surface area (Å²) in [7, 11) is 0. The van der Waals surface area contributed by atoms with Gasteiger partial charge in [-0.3, -0.25) is 0 Å². The highest BCUT2D eigenvalue weighted by atomic mass is 32.2. The van der Waals surface area contributed by atoms with Crippen LogP contribution < -0.4 is 6.15 Å². The molecule has 0 heterocycles. The monoisotopic (exact) mass is 191 g/mol. The fourth-order valence-electron chi connectivity index (χ4n) is 0.537. The molecule has 0 radical (unpaired) electrons. The zero-order valence-corrected chi connectivity index (χ0v) is 8.17. The third kappa shape index (κ3) is 5.01. The van der Waals surface area contributed by atoms with E-state index in [0.717, 1.165) is 0 Å². The lowest BCUT2D eigenvalue weighted by Gasteiger charge is -1.89. The number of rotatable bonds is 1. The quantitative estimate of drug-likeness (QED) is 0.670. The third-order valence-electron chi connectivity index (χ3n) is 0.945. The Kier molecular flexibility index (Phi) is 9.68. The van der Waals surface area contributed by atoms with Crippen LogP contribution in [0.4, 0.5) is 0 Å². The molecule has 0 aliphatic rings. The number of benzene rings is 1. The molecule has 0 aromatic heterocycles. The average Bonchev–Trinajstić information content (AvgIpc) is 2.10. The first-order valence-corrected chi connectivity index (χ1v) is 4.57. The summed E-state index contributed by atoms with van der Waals surface area (Å²) >= 11 is -1.83. The Hall–Kier alpha value is -0.710. The summed E-state index contributed by atoms with van der Waals surface area (Å²) in [5, 5.41) is 0. The van der Waals surface area contributed by atoms with Crippen LogP contribution in [0.15, 0.2) is 35.2 Å². The molecule has 0 saturated heterocycles. The fraction of sp³-hybridized carbons (Fsp3) is 0.250. The summed E-state index contributed by atoms with van der Waals surface area (Å²) in [6.45, 7) is 4.00. The van der Waals surface area contributed by atoms with Gasteiger partial charge in [0.2, 0.25) is 0 Å². The number of hydrogen-bond acceptors (Lipinski definition) is 2. The molecule has 1 unspecified atom stereocenters. The summed E-state index contributed by atoms with van der Waals surface area (Å²) < 4.78 is 18.8. The predicted octanol–water partition coefficient (Wildman–Crippen LogP) is 2.70. The molecule has 0 saturated carbocycles. The van der Waals surface area contributed by atoms with E-state index in [2.05, 4.69) is 0 Å². The van der Waals surface area contributed by atoms with Crippen molar-refractivity contribution in [1.82, 2.24) is 6.15 Å². The molecule has 1 aromatic carbocycles. The maximum atomic E-state index is 10.3. The van der Waals surface area contributed by atoms with Crippen molar-refractivity contribution in [2.24, 2.45) is 0 Å². The van der Waals surface area contributed by atoms with Crippen molar-refractivity contribution in [3.63, 3.8) is 0 Å². The van der Waals surface area contributed by atoms with Crippen LogP contribution in [0.1, 0.15) is 15.3 Å². The molecular weight excluding hydrogens is 174 g/mol. The van der Waals surface area contributed by atoms with E-state index in [1.54, 1.807) is 30.3 Å². The van der Waals surface area contributed by atoms with Crippen molar-refractivity contribution in [2.75, 3.05) is 0 Å².